The molecule has 1 fully saturated rings. The van der Waals surface area contributed by atoms with Gasteiger partial charge in [-0.1, -0.05) is 32.1 Å². The second-order valence-corrected chi connectivity index (χ2v) is 5.09. The molecule has 1 aliphatic carbocycles. The minimum absolute atomic E-state index is 0.177. The number of hydrogen-bond acceptors (Lipinski definition) is 3. The summed E-state index contributed by atoms with van der Waals surface area (Å²) in [6.07, 6.45) is 5.43. The molecule has 0 aromatic rings. The van der Waals surface area contributed by atoms with Gasteiger partial charge in [-0.3, -0.25) is 9.59 Å². The largest absolute Gasteiger partial charge is 0.481 e. The Morgan fingerprint density at radius 3 is 2.21 bits per heavy atom. The van der Waals surface area contributed by atoms with Crippen LogP contribution in [0.25, 0.3) is 0 Å². The minimum Gasteiger partial charge on any atom is -0.481 e. The van der Waals surface area contributed by atoms with Crippen LogP contribution >= 0.6 is 0 Å². The first kappa shape index (κ1) is 15.5. The Hall–Kier alpha value is -1.59. The molecule has 108 valence electrons. The number of amides is 1. The fraction of sp³-hybridized carbons (Fsp3) is 0.769. The predicted molar refractivity (Wildman–Crippen MR) is 67.6 cm³/mol. The van der Waals surface area contributed by atoms with Crippen LogP contribution in [0.1, 0.15) is 51.4 Å². The van der Waals surface area contributed by atoms with Crippen LogP contribution in [0, 0.1) is 5.92 Å². The molecule has 1 saturated carbocycles. The van der Waals surface area contributed by atoms with Crippen molar-refractivity contribution in [1.82, 2.24) is 5.32 Å². The van der Waals surface area contributed by atoms with Gasteiger partial charge in [-0.05, 0) is 12.3 Å². The van der Waals surface area contributed by atoms with E-state index in [1.807, 2.05) is 0 Å². The highest BCUT2D eigenvalue weighted by Gasteiger charge is 2.25. The van der Waals surface area contributed by atoms with Crippen molar-refractivity contribution in [2.45, 2.75) is 57.4 Å². The predicted octanol–water partition coefficient (Wildman–Crippen LogP) is 1.39. The number of aliphatic carboxylic acids is 2. The van der Waals surface area contributed by atoms with Crippen LogP contribution in [-0.2, 0) is 14.4 Å². The first-order valence-electron chi connectivity index (χ1n) is 6.73. The highest BCUT2D eigenvalue weighted by Crippen LogP contribution is 2.27. The molecule has 19 heavy (non-hydrogen) atoms. The lowest BCUT2D eigenvalue weighted by atomic mass is 9.85. The van der Waals surface area contributed by atoms with E-state index in [0.717, 1.165) is 25.7 Å². The molecule has 1 aliphatic rings. The van der Waals surface area contributed by atoms with Crippen LogP contribution < -0.4 is 5.32 Å². The molecular weight excluding hydrogens is 250 g/mol. The lowest BCUT2D eigenvalue weighted by molar-refractivity contribution is -0.142. The van der Waals surface area contributed by atoms with Crippen molar-refractivity contribution in [3.63, 3.8) is 0 Å². The molecule has 1 rings (SSSR count). The standard InChI is InChI=1S/C13H21NO5/c15-11(6-7-12(16)17)14-10(13(18)19)8-9-4-2-1-3-5-9/h9-10H,1-8H2,(H,14,15)(H,16,17)(H,18,19). The summed E-state index contributed by atoms with van der Waals surface area (Å²) in [5, 5.41) is 20.0. The third kappa shape index (κ3) is 6.22. The van der Waals surface area contributed by atoms with Crippen LogP contribution in [0.2, 0.25) is 0 Å². The lowest BCUT2D eigenvalue weighted by Crippen LogP contribution is -2.42. The van der Waals surface area contributed by atoms with Gasteiger partial charge in [-0.25, -0.2) is 4.79 Å². The lowest BCUT2D eigenvalue weighted by Gasteiger charge is -2.25. The molecule has 0 heterocycles. The molecule has 0 aromatic carbocycles. The Labute approximate surface area is 112 Å². The number of carbonyl (C=O) groups excluding carboxylic acids is 1. The zero-order chi connectivity index (χ0) is 14.3. The minimum atomic E-state index is -1.06. The molecule has 0 radical (unpaired) electrons. The summed E-state index contributed by atoms with van der Waals surface area (Å²) in [7, 11) is 0. The number of carboxylic acid groups (broad SMARTS) is 2. The molecule has 0 saturated heterocycles. The van der Waals surface area contributed by atoms with E-state index in [-0.39, 0.29) is 12.8 Å². The van der Waals surface area contributed by atoms with Crippen molar-refractivity contribution in [3.8, 4) is 0 Å². The highest BCUT2D eigenvalue weighted by molar-refractivity contribution is 5.85. The Balaban J connectivity index is 2.40. The number of carbonyl (C=O) groups is 3. The number of rotatable bonds is 7. The molecule has 0 spiro atoms. The quantitative estimate of drug-likeness (QED) is 0.649. The third-order valence-electron chi connectivity index (χ3n) is 3.49. The first-order valence-corrected chi connectivity index (χ1v) is 6.73. The molecular formula is C13H21NO5. The average Bonchev–Trinajstić information content (AvgIpc) is 2.36. The summed E-state index contributed by atoms with van der Waals surface area (Å²) in [6.45, 7) is 0. The summed E-state index contributed by atoms with van der Waals surface area (Å²) >= 11 is 0. The monoisotopic (exact) mass is 271 g/mol. The second kappa shape index (κ2) is 7.76. The van der Waals surface area contributed by atoms with E-state index in [2.05, 4.69) is 5.32 Å². The van der Waals surface area contributed by atoms with Crippen LogP contribution in [-0.4, -0.2) is 34.1 Å². The van der Waals surface area contributed by atoms with Crippen molar-refractivity contribution in [3.05, 3.63) is 0 Å². The highest BCUT2D eigenvalue weighted by atomic mass is 16.4. The number of nitrogens with one attached hydrogen (secondary N) is 1. The summed E-state index contributed by atoms with van der Waals surface area (Å²) in [5.41, 5.74) is 0. The summed E-state index contributed by atoms with van der Waals surface area (Å²) < 4.78 is 0. The second-order valence-electron chi connectivity index (χ2n) is 5.09. The summed E-state index contributed by atoms with van der Waals surface area (Å²) in [6, 6.07) is -0.899. The van der Waals surface area contributed by atoms with E-state index < -0.39 is 23.9 Å². The van der Waals surface area contributed by atoms with Gasteiger partial charge in [-0.15, -0.1) is 0 Å². The molecule has 3 N–H and O–H groups in total. The van der Waals surface area contributed by atoms with E-state index >= 15 is 0 Å². The normalized spacial score (nSPS) is 17.7. The van der Waals surface area contributed by atoms with Gasteiger partial charge in [0.2, 0.25) is 5.91 Å². The maximum Gasteiger partial charge on any atom is 0.326 e. The molecule has 0 aromatic heterocycles. The van der Waals surface area contributed by atoms with Gasteiger partial charge in [0.15, 0.2) is 0 Å². The number of carboxylic acids is 2. The van der Waals surface area contributed by atoms with Gasteiger partial charge in [0.05, 0.1) is 6.42 Å². The fourth-order valence-corrected chi connectivity index (χ4v) is 2.46. The molecule has 6 heteroatoms. The zero-order valence-electron chi connectivity index (χ0n) is 10.9. The van der Waals surface area contributed by atoms with E-state index in [1.165, 1.54) is 6.42 Å². The third-order valence-corrected chi connectivity index (χ3v) is 3.49. The van der Waals surface area contributed by atoms with Gasteiger partial charge < -0.3 is 15.5 Å². The smallest absolute Gasteiger partial charge is 0.326 e. The molecule has 0 aliphatic heterocycles. The van der Waals surface area contributed by atoms with Crippen molar-refractivity contribution >= 4 is 17.8 Å². The van der Waals surface area contributed by atoms with Crippen LogP contribution in [0.5, 0.6) is 0 Å². The summed E-state index contributed by atoms with van der Waals surface area (Å²) in [5.74, 6) is -2.27. The van der Waals surface area contributed by atoms with Gasteiger partial charge in [0.1, 0.15) is 6.04 Å². The van der Waals surface area contributed by atoms with Gasteiger partial charge in [-0.2, -0.15) is 0 Å². The van der Waals surface area contributed by atoms with E-state index in [1.54, 1.807) is 0 Å². The summed E-state index contributed by atoms with van der Waals surface area (Å²) in [4.78, 5) is 32.9. The van der Waals surface area contributed by atoms with Gasteiger partial charge in [0.25, 0.3) is 0 Å². The fourth-order valence-electron chi connectivity index (χ4n) is 2.46. The molecule has 1 unspecified atom stereocenters. The van der Waals surface area contributed by atoms with Crippen molar-refractivity contribution in [1.29, 1.82) is 0 Å². The molecule has 6 nitrogen and oxygen atoms in total. The maximum absolute atomic E-state index is 11.5. The van der Waals surface area contributed by atoms with Crippen LogP contribution in [0.15, 0.2) is 0 Å². The SMILES string of the molecule is O=C(O)CCC(=O)NC(CC1CCCCC1)C(=O)O. The Morgan fingerprint density at radius 1 is 1.05 bits per heavy atom. The average molecular weight is 271 g/mol. The topological polar surface area (TPSA) is 104 Å². The van der Waals surface area contributed by atoms with Crippen LogP contribution in [0.3, 0.4) is 0 Å². The van der Waals surface area contributed by atoms with Crippen molar-refractivity contribution < 1.29 is 24.6 Å². The van der Waals surface area contributed by atoms with E-state index in [4.69, 9.17) is 10.2 Å². The number of hydrogen-bond donors (Lipinski definition) is 3. The van der Waals surface area contributed by atoms with Gasteiger partial charge in [0, 0.05) is 6.42 Å². The van der Waals surface area contributed by atoms with Crippen molar-refractivity contribution in [2.24, 2.45) is 5.92 Å². The Kier molecular flexibility index (Phi) is 6.32. The Bertz CT molecular complexity index is 336. The maximum atomic E-state index is 11.5. The van der Waals surface area contributed by atoms with Crippen molar-refractivity contribution in [2.75, 3.05) is 0 Å². The van der Waals surface area contributed by atoms with E-state index in [0.29, 0.717) is 12.3 Å². The van der Waals surface area contributed by atoms with Gasteiger partial charge >= 0.3 is 11.9 Å². The molecule has 1 atom stereocenters. The first-order chi connectivity index (χ1) is 8.99. The Morgan fingerprint density at radius 2 is 1.68 bits per heavy atom. The molecule has 1 amide bonds. The van der Waals surface area contributed by atoms with E-state index in [9.17, 15) is 14.4 Å². The van der Waals surface area contributed by atoms with Crippen LogP contribution in [0.4, 0.5) is 0 Å². The zero-order valence-corrected chi connectivity index (χ0v) is 10.9. The molecule has 0 bridgehead atoms.